The molecule has 3 rings (SSSR count). The Hall–Kier alpha value is -3.27. The van der Waals surface area contributed by atoms with Gasteiger partial charge in [-0.05, 0) is 35.9 Å². The maximum Gasteiger partial charge on any atom is 0.248 e. The highest BCUT2D eigenvalue weighted by molar-refractivity contribution is 7.89. The molecule has 0 unspecified atom stereocenters. The number of amides is 1. The van der Waals surface area contributed by atoms with Crippen LogP contribution in [0.15, 0.2) is 70.2 Å². The zero-order valence-corrected chi connectivity index (χ0v) is 18.9. The number of halogens is 1. The first-order chi connectivity index (χ1) is 15.3. The third-order valence-corrected chi connectivity index (χ3v) is 6.08. The Balaban J connectivity index is 1.65. The van der Waals surface area contributed by atoms with Gasteiger partial charge in [-0.1, -0.05) is 23.7 Å². The van der Waals surface area contributed by atoms with Crippen molar-refractivity contribution in [2.75, 3.05) is 19.5 Å². The summed E-state index contributed by atoms with van der Waals surface area (Å²) in [5.41, 5.74) is 1.04. The molecular weight excluding hydrogens is 456 g/mol. The van der Waals surface area contributed by atoms with Crippen LogP contribution in [0.2, 0.25) is 5.02 Å². The highest BCUT2D eigenvalue weighted by atomic mass is 35.5. The van der Waals surface area contributed by atoms with Crippen LogP contribution in [0.4, 0.5) is 5.69 Å². The van der Waals surface area contributed by atoms with Gasteiger partial charge in [-0.2, -0.15) is 0 Å². The van der Waals surface area contributed by atoms with Gasteiger partial charge in [0.2, 0.25) is 15.9 Å². The summed E-state index contributed by atoms with van der Waals surface area (Å²) in [6.07, 6.45) is 4.35. The van der Waals surface area contributed by atoms with E-state index in [2.05, 4.69) is 10.0 Å². The van der Waals surface area contributed by atoms with E-state index in [1.54, 1.807) is 42.5 Å². The fourth-order valence-electron chi connectivity index (χ4n) is 2.73. The molecule has 0 radical (unpaired) electrons. The molecule has 32 heavy (non-hydrogen) atoms. The summed E-state index contributed by atoms with van der Waals surface area (Å²) in [4.78, 5) is 12.4. The topological polar surface area (TPSA) is 107 Å². The number of ether oxygens (including phenoxy) is 2. The van der Waals surface area contributed by atoms with Gasteiger partial charge in [0.05, 0.1) is 42.6 Å². The van der Waals surface area contributed by atoms with Crippen LogP contribution in [0, 0.1) is 0 Å². The SMILES string of the molecule is COc1cc(NC(=O)/C=C/c2ccc(S(=O)(=O)NCc3ccco3)cc2)c(OC)cc1Cl. The van der Waals surface area contributed by atoms with Crippen LogP contribution in [0.3, 0.4) is 0 Å². The Kier molecular flexibility index (Phi) is 7.57. The molecule has 0 aliphatic rings. The van der Waals surface area contributed by atoms with E-state index in [4.69, 9.17) is 25.5 Å². The molecule has 0 fully saturated rings. The smallest absolute Gasteiger partial charge is 0.248 e. The van der Waals surface area contributed by atoms with Crippen molar-refractivity contribution in [2.24, 2.45) is 0 Å². The van der Waals surface area contributed by atoms with Gasteiger partial charge in [-0.3, -0.25) is 4.79 Å². The van der Waals surface area contributed by atoms with Crippen LogP contribution in [-0.2, 0) is 21.4 Å². The largest absolute Gasteiger partial charge is 0.495 e. The molecule has 2 N–H and O–H groups in total. The number of nitrogens with one attached hydrogen (secondary N) is 2. The van der Waals surface area contributed by atoms with Crippen LogP contribution in [0.1, 0.15) is 11.3 Å². The Morgan fingerprint density at radius 1 is 1.09 bits per heavy atom. The Morgan fingerprint density at radius 2 is 1.81 bits per heavy atom. The molecule has 0 aliphatic carbocycles. The van der Waals surface area contributed by atoms with Crippen LogP contribution in [0.5, 0.6) is 11.5 Å². The first-order valence-electron chi connectivity index (χ1n) is 9.35. The number of carbonyl (C=O) groups excluding carboxylic acids is 1. The Bertz CT molecular complexity index is 1210. The molecular formula is C22H21ClN2O6S. The number of sulfonamides is 1. The molecule has 0 atom stereocenters. The minimum Gasteiger partial charge on any atom is -0.495 e. The lowest BCUT2D eigenvalue weighted by molar-refractivity contribution is -0.111. The van der Waals surface area contributed by atoms with Crippen molar-refractivity contribution in [1.29, 1.82) is 0 Å². The van der Waals surface area contributed by atoms with Crippen molar-refractivity contribution in [3.05, 3.63) is 77.2 Å². The zero-order chi connectivity index (χ0) is 23.1. The van der Waals surface area contributed by atoms with E-state index in [0.717, 1.165) is 0 Å². The molecule has 0 aliphatic heterocycles. The summed E-state index contributed by atoms with van der Waals surface area (Å²) in [6.45, 7) is 0.0517. The molecule has 1 amide bonds. The van der Waals surface area contributed by atoms with Gasteiger partial charge in [0, 0.05) is 18.2 Å². The third kappa shape index (κ3) is 5.91. The third-order valence-electron chi connectivity index (χ3n) is 4.37. The van der Waals surface area contributed by atoms with Gasteiger partial charge in [-0.25, -0.2) is 13.1 Å². The molecule has 1 aromatic heterocycles. The lowest BCUT2D eigenvalue weighted by Gasteiger charge is -2.12. The normalized spacial score (nSPS) is 11.5. The maximum atomic E-state index is 12.4. The van der Waals surface area contributed by atoms with E-state index in [1.807, 2.05) is 0 Å². The van der Waals surface area contributed by atoms with Crippen molar-refractivity contribution < 1.29 is 27.1 Å². The van der Waals surface area contributed by atoms with Crippen molar-refractivity contribution >= 4 is 39.3 Å². The van der Waals surface area contributed by atoms with E-state index in [1.165, 1.54) is 38.7 Å². The molecule has 1 heterocycles. The predicted molar refractivity (Wildman–Crippen MR) is 121 cm³/mol. The van der Waals surface area contributed by atoms with E-state index >= 15 is 0 Å². The molecule has 0 bridgehead atoms. The van der Waals surface area contributed by atoms with Gasteiger partial charge in [0.25, 0.3) is 0 Å². The van der Waals surface area contributed by atoms with Crippen LogP contribution < -0.4 is 19.5 Å². The molecule has 0 saturated heterocycles. The first-order valence-corrected chi connectivity index (χ1v) is 11.2. The number of anilines is 1. The summed E-state index contributed by atoms with van der Waals surface area (Å²) in [7, 11) is -0.764. The van der Waals surface area contributed by atoms with Crippen molar-refractivity contribution in [2.45, 2.75) is 11.4 Å². The van der Waals surface area contributed by atoms with Gasteiger partial charge in [-0.15, -0.1) is 0 Å². The second-order valence-corrected chi connectivity index (χ2v) is 8.66. The average Bonchev–Trinajstić information content (AvgIpc) is 3.31. The molecule has 0 saturated carbocycles. The minimum absolute atomic E-state index is 0.0517. The number of benzene rings is 2. The zero-order valence-electron chi connectivity index (χ0n) is 17.3. The van der Waals surface area contributed by atoms with Gasteiger partial charge in [0.15, 0.2) is 0 Å². The number of rotatable bonds is 9. The maximum absolute atomic E-state index is 12.4. The van der Waals surface area contributed by atoms with E-state index in [0.29, 0.717) is 33.5 Å². The number of hydrogen-bond donors (Lipinski definition) is 2. The summed E-state index contributed by atoms with van der Waals surface area (Å²) in [5, 5.41) is 3.05. The minimum atomic E-state index is -3.69. The second-order valence-electron chi connectivity index (χ2n) is 6.48. The lowest BCUT2D eigenvalue weighted by Crippen LogP contribution is -2.22. The lowest BCUT2D eigenvalue weighted by atomic mass is 10.2. The second kappa shape index (κ2) is 10.4. The Morgan fingerprint density at radius 3 is 2.44 bits per heavy atom. The molecule has 8 nitrogen and oxygen atoms in total. The first kappa shape index (κ1) is 23.4. The summed E-state index contributed by atoms with van der Waals surface area (Å²) in [6, 6.07) is 12.6. The number of carbonyl (C=O) groups is 1. The van der Waals surface area contributed by atoms with Crippen LogP contribution in [-0.4, -0.2) is 28.5 Å². The van der Waals surface area contributed by atoms with Crippen molar-refractivity contribution in [3.63, 3.8) is 0 Å². The Labute approximate surface area is 190 Å². The number of furan rings is 1. The summed E-state index contributed by atoms with van der Waals surface area (Å²) >= 11 is 6.06. The van der Waals surface area contributed by atoms with E-state index in [-0.39, 0.29) is 11.4 Å². The van der Waals surface area contributed by atoms with Gasteiger partial charge >= 0.3 is 0 Å². The summed E-state index contributed by atoms with van der Waals surface area (Å²) in [5.74, 6) is 0.872. The number of hydrogen-bond acceptors (Lipinski definition) is 6. The van der Waals surface area contributed by atoms with Gasteiger partial charge < -0.3 is 19.2 Å². The molecule has 10 heteroatoms. The molecule has 3 aromatic rings. The fourth-order valence-corrected chi connectivity index (χ4v) is 3.95. The monoisotopic (exact) mass is 476 g/mol. The predicted octanol–water partition coefficient (Wildman–Crippen LogP) is 4.08. The molecule has 2 aromatic carbocycles. The van der Waals surface area contributed by atoms with Crippen LogP contribution in [0.25, 0.3) is 6.08 Å². The highest BCUT2D eigenvalue weighted by Crippen LogP contribution is 2.35. The highest BCUT2D eigenvalue weighted by Gasteiger charge is 2.14. The molecule has 0 spiro atoms. The average molecular weight is 477 g/mol. The van der Waals surface area contributed by atoms with E-state index < -0.39 is 15.9 Å². The number of methoxy groups -OCH3 is 2. The van der Waals surface area contributed by atoms with Crippen LogP contribution >= 0.6 is 11.6 Å². The van der Waals surface area contributed by atoms with Crippen molar-refractivity contribution in [1.82, 2.24) is 4.72 Å². The van der Waals surface area contributed by atoms with Gasteiger partial charge in [0.1, 0.15) is 17.3 Å². The molecule has 168 valence electrons. The fraction of sp³-hybridized carbons (Fsp3) is 0.136. The van der Waals surface area contributed by atoms with E-state index in [9.17, 15) is 13.2 Å². The quantitative estimate of drug-likeness (QED) is 0.451. The standard InChI is InChI=1S/C22H21ClN2O6S/c1-29-20-13-19(21(30-2)12-18(20)23)25-22(26)10-7-15-5-8-17(9-6-15)32(27,28)24-14-16-4-3-11-31-16/h3-13,24H,14H2,1-2H3,(H,25,26)/b10-7+. The summed E-state index contributed by atoms with van der Waals surface area (Å²) < 4.78 is 42.7. The van der Waals surface area contributed by atoms with Crippen molar-refractivity contribution in [3.8, 4) is 11.5 Å².